The second kappa shape index (κ2) is 17.0. The van der Waals surface area contributed by atoms with Crippen LogP contribution in [0, 0.1) is 5.82 Å². The lowest BCUT2D eigenvalue weighted by atomic mass is 9.93. The number of anilines is 2. The molecular weight excluding hydrogens is 798 g/mol. The van der Waals surface area contributed by atoms with Crippen molar-refractivity contribution in [2.24, 2.45) is 0 Å². The average Bonchev–Trinajstić information content (AvgIpc) is 3.37. The summed E-state index contributed by atoms with van der Waals surface area (Å²) in [6.07, 6.45) is -3.87. The quantitative estimate of drug-likeness (QED) is 0.0734. The highest BCUT2D eigenvalue weighted by Crippen LogP contribution is 2.44. The number of thioether (sulfide) groups is 1. The first-order valence-corrected chi connectivity index (χ1v) is 20.1. The Kier molecular flexibility index (Phi) is 12.1. The van der Waals surface area contributed by atoms with Crippen LogP contribution in [-0.4, -0.2) is 71.7 Å². The minimum Gasteiger partial charge on any atom is -0.497 e. The highest BCUT2D eigenvalue weighted by Gasteiger charge is 2.41. The number of fused-ring (bicyclic) bond motifs is 2. The summed E-state index contributed by atoms with van der Waals surface area (Å²) in [6, 6.07) is 16.6. The van der Waals surface area contributed by atoms with Crippen LogP contribution in [0.3, 0.4) is 0 Å². The molecule has 0 spiro atoms. The Morgan fingerprint density at radius 1 is 0.966 bits per heavy atom. The molecule has 17 heteroatoms. The molecule has 11 nitrogen and oxygen atoms in total. The van der Waals surface area contributed by atoms with Gasteiger partial charge >= 0.3 is 6.18 Å². The average molecular weight is 840 g/mol. The predicted molar refractivity (Wildman–Crippen MR) is 213 cm³/mol. The highest BCUT2D eigenvalue weighted by molar-refractivity contribution is 7.98. The van der Waals surface area contributed by atoms with Gasteiger partial charge in [0.25, 0.3) is 5.91 Å². The van der Waals surface area contributed by atoms with Crippen molar-refractivity contribution < 1.29 is 36.6 Å². The fraction of sp³-hybridized carbons (Fsp3) is 0.366. The highest BCUT2D eigenvalue weighted by atomic mass is 35.5. The fourth-order valence-corrected chi connectivity index (χ4v) is 7.95. The van der Waals surface area contributed by atoms with Gasteiger partial charge in [0.15, 0.2) is 16.7 Å². The van der Waals surface area contributed by atoms with E-state index in [4.69, 9.17) is 35.8 Å². The molecule has 1 amide bonds. The van der Waals surface area contributed by atoms with Gasteiger partial charge in [0.1, 0.15) is 17.3 Å². The first-order chi connectivity index (χ1) is 27.8. The van der Waals surface area contributed by atoms with Gasteiger partial charge in [0, 0.05) is 57.8 Å². The van der Waals surface area contributed by atoms with Crippen molar-refractivity contribution in [2.45, 2.75) is 63.1 Å². The van der Waals surface area contributed by atoms with E-state index in [-0.39, 0.29) is 55.0 Å². The number of amides is 1. The summed E-state index contributed by atoms with van der Waals surface area (Å²) in [5.74, 6) is 0.464. The zero-order valence-corrected chi connectivity index (χ0v) is 34.1. The van der Waals surface area contributed by atoms with Gasteiger partial charge in [-0.2, -0.15) is 18.3 Å². The van der Waals surface area contributed by atoms with E-state index >= 15 is 4.39 Å². The lowest BCUT2D eigenvalue weighted by Gasteiger charge is -2.33. The van der Waals surface area contributed by atoms with E-state index in [9.17, 15) is 18.0 Å². The molecular formula is C41H42ClF4N7O4S. The minimum atomic E-state index is -4.88. The van der Waals surface area contributed by atoms with Crippen LogP contribution in [-0.2, 0) is 50.1 Å². The van der Waals surface area contributed by atoms with E-state index in [2.05, 4.69) is 5.10 Å². The first kappa shape index (κ1) is 41.1. The molecule has 0 radical (unpaired) electrons. The number of benzene rings is 3. The Hall–Kier alpha value is -5.06. The molecule has 0 fully saturated rings. The largest absolute Gasteiger partial charge is 0.497 e. The molecule has 0 saturated heterocycles. The molecule has 7 rings (SSSR count). The molecule has 2 aliphatic heterocycles. The summed E-state index contributed by atoms with van der Waals surface area (Å²) in [5, 5.41) is 5.15. The smallest absolute Gasteiger partial charge is 0.416 e. The number of halogens is 5. The van der Waals surface area contributed by atoms with E-state index in [0.717, 1.165) is 17.2 Å². The van der Waals surface area contributed by atoms with E-state index < -0.39 is 29.2 Å². The second-order valence-electron chi connectivity index (χ2n) is 14.2. The summed E-state index contributed by atoms with van der Waals surface area (Å²) < 4.78 is 80.3. The zero-order chi connectivity index (χ0) is 41.3. The molecule has 2 aliphatic rings. The molecule has 0 bridgehead atoms. The number of alkyl halides is 3. The SMILES string of the molecule is COc1ccc(CN(Cc2ccc(OC)cc2)c2ccc(C(F)(F)F)c(C3Cc4nc(SC)nc(N5CCCn6nc(C(=O)N(C)C)c(Cl)c6C5)c4CO3)c2F)cc1. The standard InChI is InChI=1S/C41H42ClF4N7O4S/c1-50(2)39(54)37-35(42)32-22-51(17-6-18-53(32)49-37)38-28-23-57-33(19-30(28)47-40(48-38)58-5)34-29(41(44,45)46)15-16-31(36(34)43)52(20-24-7-11-26(55-3)12-8-24)21-25-9-13-27(56-4)14-10-25/h7-16,33H,6,17-23H2,1-5H3. The minimum absolute atomic E-state index is 0.0117. The molecule has 0 saturated carbocycles. The van der Waals surface area contributed by atoms with Gasteiger partial charge < -0.3 is 28.9 Å². The molecule has 2 aromatic heterocycles. The maximum atomic E-state index is 17.2. The van der Waals surface area contributed by atoms with Crippen molar-refractivity contribution in [1.82, 2.24) is 24.6 Å². The number of hydrogen-bond acceptors (Lipinski definition) is 10. The maximum Gasteiger partial charge on any atom is 0.416 e. The number of carbonyl (C=O) groups is 1. The molecule has 5 aromatic rings. The van der Waals surface area contributed by atoms with E-state index in [0.29, 0.717) is 58.9 Å². The van der Waals surface area contributed by atoms with Crippen LogP contribution in [0.25, 0.3) is 0 Å². The van der Waals surface area contributed by atoms with Crippen LogP contribution < -0.4 is 19.3 Å². The molecule has 306 valence electrons. The van der Waals surface area contributed by atoms with E-state index in [1.807, 2.05) is 29.2 Å². The first-order valence-electron chi connectivity index (χ1n) is 18.5. The predicted octanol–water partition coefficient (Wildman–Crippen LogP) is 8.36. The van der Waals surface area contributed by atoms with Gasteiger partial charge in [0.2, 0.25) is 0 Å². The zero-order valence-electron chi connectivity index (χ0n) is 32.6. The van der Waals surface area contributed by atoms with Gasteiger partial charge in [-0.3, -0.25) is 9.48 Å². The Morgan fingerprint density at radius 3 is 2.17 bits per heavy atom. The maximum absolute atomic E-state index is 17.2. The van der Waals surface area contributed by atoms with Gasteiger partial charge in [-0.05, 0) is 60.2 Å². The van der Waals surface area contributed by atoms with Crippen LogP contribution in [0.5, 0.6) is 11.5 Å². The molecule has 1 atom stereocenters. The monoisotopic (exact) mass is 839 g/mol. The topological polar surface area (TPSA) is 98.1 Å². The molecule has 58 heavy (non-hydrogen) atoms. The van der Waals surface area contributed by atoms with Crippen molar-refractivity contribution in [1.29, 1.82) is 0 Å². The van der Waals surface area contributed by atoms with Crippen molar-refractivity contribution >= 4 is 40.8 Å². The van der Waals surface area contributed by atoms with Crippen LogP contribution in [0.2, 0.25) is 5.02 Å². The number of methoxy groups -OCH3 is 2. The summed E-state index contributed by atoms with van der Waals surface area (Å²) in [5.41, 5.74) is 1.73. The van der Waals surface area contributed by atoms with Gasteiger partial charge in [0.05, 0.1) is 61.1 Å². The third-order valence-corrected chi connectivity index (χ3v) is 11.2. The van der Waals surface area contributed by atoms with E-state index in [1.165, 1.54) is 22.7 Å². The Balaban J connectivity index is 1.26. The van der Waals surface area contributed by atoms with Crippen LogP contribution in [0.15, 0.2) is 65.8 Å². The number of aromatic nitrogens is 4. The normalized spacial score (nSPS) is 15.3. The third-order valence-electron chi connectivity index (χ3n) is 10.3. The summed E-state index contributed by atoms with van der Waals surface area (Å²) in [6.45, 7) is 1.52. The van der Waals surface area contributed by atoms with Crippen molar-refractivity contribution in [3.63, 3.8) is 0 Å². The fourth-order valence-electron chi connectivity index (χ4n) is 7.30. The van der Waals surface area contributed by atoms with Gasteiger partial charge in [-0.25, -0.2) is 14.4 Å². The second-order valence-corrected chi connectivity index (χ2v) is 15.3. The molecule has 0 aliphatic carbocycles. The summed E-state index contributed by atoms with van der Waals surface area (Å²) in [4.78, 5) is 27.5. The summed E-state index contributed by atoms with van der Waals surface area (Å²) >= 11 is 8.04. The Morgan fingerprint density at radius 2 is 1.60 bits per heavy atom. The van der Waals surface area contributed by atoms with Gasteiger partial charge in [-0.15, -0.1) is 0 Å². The van der Waals surface area contributed by atoms with Crippen molar-refractivity contribution in [2.75, 3.05) is 50.9 Å². The summed E-state index contributed by atoms with van der Waals surface area (Å²) in [7, 11) is 6.36. The lowest BCUT2D eigenvalue weighted by Crippen LogP contribution is -2.30. The molecule has 1 unspecified atom stereocenters. The number of ether oxygens (including phenoxy) is 3. The van der Waals surface area contributed by atoms with Crippen molar-refractivity contribution in [3.8, 4) is 11.5 Å². The van der Waals surface area contributed by atoms with Crippen LogP contribution in [0.4, 0.5) is 29.1 Å². The number of carbonyl (C=O) groups excluding carboxylic acids is 1. The van der Waals surface area contributed by atoms with Crippen molar-refractivity contribution in [3.05, 3.63) is 116 Å². The Labute approximate surface area is 342 Å². The Bertz CT molecular complexity index is 2240. The number of rotatable bonds is 11. The van der Waals surface area contributed by atoms with Gasteiger partial charge in [-0.1, -0.05) is 47.6 Å². The number of aryl methyl sites for hydroxylation is 1. The van der Waals surface area contributed by atoms with Crippen LogP contribution >= 0.6 is 23.4 Å². The van der Waals surface area contributed by atoms with E-state index in [1.54, 1.807) is 68.4 Å². The van der Waals surface area contributed by atoms with Crippen LogP contribution in [0.1, 0.15) is 62.2 Å². The molecule has 4 heterocycles. The number of nitrogens with zero attached hydrogens (tertiary/aromatic N) is 7. The molecule has 3 aromatic carbocycles. The lowest BCUT2D eigenvalue weighted by molar-refractivity contribution is -0.140. The molecule has 0 N–H and O–H groups in total. The third kappa shape index (κ3) is 8.41. The number of hydrogen-bond donors (Lipinski definition) is 0.